The summed E-state index contributed by atoms with van der Waals surface area (Å²) in [4.78, 5) is 24.6. The van der Waals surface area contributed by atoms with Crippen molar-refractivity contribution in [3.05, 3.63) is 21.6 Å². The van der Waals surface area contributed by atoms with Crippen molar-refractivity contribution in [3.8, 4) is 0 Å². The van der Waals surface area contributed by atoms with E-state index in [1.54, 1.807) is 0 Å². The molecule has 0 radical (unpaired) electrons. The number of hydrogen-bond donors (Lipinski definition) is 0. The van der Waals surface area contributed by atoms with Crippen molar-refractivity contribution < 1.29 is 38.0 Å². The van der Waals surface area contributed by atoms with Crippen molar-refractivity contribution in [2.45, 2.75) is 13.8 Å². The van der Waals surface area contributed by atoms with Gasteiger partial charge in [-0.25, -0.2) is 0 Å². The van der Waals surface area contributed by atoms with Crippen LogP contribution in [-0.2, 0) is 38.0 Å². The number of carbonyl (C=O) groups excluding carboxylic acids is 2. The smallest absolute Gasteiger partial charge is 0.244 e. The van der Waals surface area contributed by atoms with Crippen LogP contribution in [0.4, 0.5) is 0 Å². The summed E-state index contributed by atoms with van der Waals surface area (Å²) in [7, 11) is 0. The van der Waals surface area contributed by atoms with Crippen LogP contribution in [0.1, 0.15) is 13.8 Å². The van der Waals surface area contributed by atoms with E-state index in [-0.39, 0.29) is 48.0 Å². The molecule has 160 valence electrons. The van der Waals surface area contributed by atoms with E-state index < -0.39 is 11.6 Å². The first-order valence-electron chi connectivity index (χ1n) is 9.00. The van der Waals surface area contributed by atoms with Gasteiger partial charge in [0.25, 0.3) is 0 Å². The summed E-state index contributed by atoms with van der Waals surface area (Å²) < 4.78 is 31.3. The molecule has 0 saturated heterocycles. The van der Waals surface area contributed by atoms with Crippen LogP contribution in [0.25, 0.3) is 0 Å². The van der Waals surface area contributed by atoms with Crippen molar-refractivity contribution in [1.29, 1.82) is 0 Å². The molecule has 8 nitrogen and oxygen atoms in total. The lowest BCUT2D eigenvalue weighted by molar-refractivity contribution is -0.120. The van der Waals surface area contributed by atoms with E-state index in [0.717, 1.165) is 0 Å². The van der Waals surface area contributed by atoms with Crippen LogP contribution in [0, 0.1) is 0 Å². The average molecular weight is 441 g/mol. The van der Waals surface area contributed by atoms with Crippen molar-refractivity contribution >= 4 is 34.8 Å². The Morgan fingerprint density at radius 3 is 1.25 bits per heavy atom. The third-order valence-corrected chi connectivity index (χ3v) is 4.00. The number of Topliss-reactive ketones (excluding diaryl/α,β-unsaturated/α-hetero) is 2. The van der Waals surface area contributed by atoms with E-state index in [2.05, 4.69) is 0 Å². The maximum atomic E-state index is 12.3. The molecular formula is C18H26Cl2O8. The van der Waals surface area contributed by atoms with Crippen LogP contribution in [0.2, 0.25) is 0 Å². The third kappa shape index (κ3) is 8.46. The summed E-state index contributed by atoms with van der Waals surface area (Å²) in [5.74, 6) is -2.06. The normalized spacial score (nSPS) is 14.9. The molecule has 0 N–H and O–H groups in total. The molecule has 0 aromatic carbocycles. The average Bonchev–Trinajstić information content (AvgIpc) is 2.69. The number of rotatable bonds is 16. The zero-order valence-corrected chi connectivity index (χ0v) is 17.6. The van der Waals surface area contributed by atoms with Crippen LogP contribution >= 0.6 is 23.2 Å². The van der Waals surface area contributed by atoms with E-state index in [0.29, 0.717) is 39.6 Å². The second-order valence-corrected chi connectivity index (χ2v) is 6.02. The number of ether oxygens (including phenoxy) is 6. The molecule has 0 aromatic rings. The third-order valence-electron chi connectivity index (χ3n) is 3.31. The number of carbonyl (C=O) groups is 2. The number of hydrogen-bond acceptors (Lipinski definition) is 8. The maximum Gasteiger partial charge on any atom is 0.244 e. The minimum Gasteiger partial charge on any atom is -0.485 e. The Morgan fingerprint density at radius 1 is 0.571 bits per heavy atom. The summed E-state index contributed by atoms with van der Waals surface area (Å²) in [5.41, 5.74) is 0. The molecule has 1 aliphatic rings. The van der Waals surface area contributed by atoms with Gasteiger partial charge >= 0.3 is 0 Å². The second kappa shape index (κ2) is 14.8. The van der Waals surface area contributed by atoms with Crippen molar-refractivity contribution in [1.82, 2.24) is 0 Å². The lowest BCUT2D eigenvalue weighted by Crippen LogP contribution is -2.25. The molecule has 0 atom stereocenters. The molecule has 28 heavy (non-hydrogen) atoms. The van der Waals surface area contributed by atoms with Gasteiger partial charge in [0.1, 0.15) is 23.3 Å². The van der Waals surface area contributed by atoms with Crippen LogP contribution in [0.5, 0.6) is 0 Å². The van der Waals surface area contributed by atoms with Crippen LogP contribution in [0.3, 0.4) is 0 Å². The highest BCUT2D eigenvalue weighted by molar-refractivity contribution is 6.55. The summed E-state index contributed by atoms with van der Waals surface area (Å²) in [6.45, 7) is 7.14. The van der Waals surface area contributed by atoms with E-state index in [1.807, 2.05) is 13.8 Å². The van der Waals surface area contributed by atoms with Gasteiger partial charge < -0.3 is 28.4 Å². The van der Waals surface area contributed by atoms with Gasteiger partial charge in [-0.2, -0.15) is 0 Å². The monoisotopic (exact) mass is 440 g/mol. The lowest BCUT2D eigenvalue weighted by Gasteiger charge is -2.18. The molecule has 0 heterocycles. The van der Waals surface area contributed by atoms with Crippen LogP contribution in [0.15, 0.2) is 21.6 Å². The standard InChI is InChI=1S/C18H26Cl2O8/c1-3-23-5-7-25-9-11-27-17-13(19)16(22)18(14(20)15(17)21)28-12-10-26-8-6-24-4-2/h3-12H2,1-2H3. The first-order chi connectivity index (χ1) is 13.5. The van der Waals surface area contributed by atoms with Crippen LogP contribution < -0.4 is 0 Å². The molecule has 0 amide bonds. The summed E-state index contributed by atoms with van der Waals surface area (Å²) in [6.07, 6.45) is 0. The highest BCUT2D eigenvalue weighted by Gasteiger charge is 2.36. The molecule has 1 aliphatic carbocycles. The predicted molar refractivity (Wildman–Crippen MR) is 102 cm³/mol. The fourth-order valence-electron chi connectivity index (χ4n) is 2.00. The van der Waals surface area contributed by atoms with Gasteiger partial charge in [-0.05, 0) is 13.8 Å². The summed E-state index contributed by atoms with van der Waals surface area (Å²) in [6, 6.07) is 0. The highest BCUT2D eigenvalue weighted by atomic mass is 35.5. The molecule has 1 rings (SSSR count). The Hall–Kier alpha value is -1.16. The predicted octanol–water partition coefficient (Wildman–Crippen LogP) is 2.18. The Balaban J connectivity index is 2.43. The zero-order chi connectivity index (χ0) is 20.8. The molecule has 0 fully saturated rings. The Bertz CT molecular complexity index is 524. The van der Waals surface area contributed by atoms with Gasteiger partial charge in [0.15, 0.2) is 11.5 Å². The van der Waals surface area contributed by atoms with Gasteiger partial charge in [0.2, 0.25) is 11.6 Å². The van der Waals surface area contributed by atoms with Crippen molar-refractivity contribution in [2.75, 3.05) is 66.1 Å². The SMILES string of the molecule is CCOCCOCCOC1=C(Cl)C(=O)C(OCCOCCOCC)=C(Cl)C1=O. The van der Waals surface area contributed by atoms with E-state index in [4.69, 9.17) is 51.6 Å². The molecular weight excluding hydrogens is 415 g/mol. The summed E-state index contributed by atoms with van der Waals surface area (Å²) in [5, 5.41) is -0.757. The molecule has 0 aliphatic heterocycles. The topological polar surface area (TPSA) is 89.5 Å². The fourth-order valence-corrected chi connectivity index (χ4v) is 2.45. The molecule has 0 saturated carbocycles. The van der Waals surface area contributed by atoms with Gasteiger partial charge in [-0.1, -0.05) is 23.2 Å². The summed E-state index contributed by atoms with van der Waals surface area (Å²) >= 11 is 11.9. The first-order valence-corrected chi connectivity index (χ1v) is 9.75. The molecule has 0 bridgehead atoms. The Labute approximate surface area is 174 Å². The minimum absolute atomic E-state index is 0.0325. The number of allylic oxidation sites excluding steroid dienone is 2. The lowest BCUT2D eigenvalue weighted by atomic mass is 10.1. The fraction of sp³-hybridized carbons (Fsp3) is 0.667. The second-order valence-electron chi connectivity index (χ2n) is 5.26. The van der Waals surface area contributed by atoms with E-state index in [1.165, 1.54) is 0 Å². The zero-order valence-electron chi connectivity index (χ0n) is 16.1. The van der Waals surface area contributed by atoms with Crippen molar-refractivity contribution in [2.24, 2.45) is 0 Å². The molecule has 10 heteroatoms. The molecule has 0 unspecified atom stereocenters. The van der Waals surface area contributed by atoms with Gasteiger partial charge in [0, 0.05) is 13.2 Å². The van der Waals surface area contributed by atoms with Gasteiger partial charge in [0.05, 0.1) is 39.6 Å². The Morgan fingerprint density at radius 2 is 0.893 bits per heavy atom. The largest absolute Gasteiger partial charge is 0.485 e. The van der Waals surface area contributed by atoms with Crippen molar-refractivity contribution in [3.63, 3.8) is 0 Å². The quantitative estimate of drug-likeness (QED) is 0.266. The number of ketones is 2. The maximum absolute atomic E-state index is 12.3. The molecule has 0 spiro atoms. The number of halogens is 2. The Kier molecular flexibility index (Phi) is 13.1. The molecule has 0 aromatic heterocycles. The first kappa shape index (κ1) is 24.9. The minimum atomic E-state index is -0.715. The highest BCUT2D eigenvalue weighted by Crippen LogP contribution is 2.30. The van der Waals surface area contributed by atoms with Gasteiger partial charge in [-0.3, -0.25) is 9.59 Å². The van der Waals surface area contributed by atoms with E-state index in [9.17, 15) is 9.59 Å². The van der Waals surface area contributed by atoms with Crippen LogP contribution in [-0.4, -0.2) is 77.6 Å². The van der Waals surface area contributed by atoms with Gasteiger partial charge in [-0.15, -0.1) is 0 Å². The van der Waals surface area contributed by atoms with E-state index >= 15 is 0 Å².